The number of hydrogen-bond donors (Lipinski definition) is 0. The molecule has 0 amide bonds. The van der Waals surface area contributed by atoms with Crippen molar-refractivity contribution in [2.45, 2.75) is 6.92 Å². The predicted octanol–water partition coefficient (Wildman–Crippen LogP) is 23.0. The number of fused-ring (bicyclic) bond motifs is 3. The van der Waals surface area contributed by atoms with Gasteiger partial charge in [0.1, 0.15) is 19.0 Å². The maximum Gasteiger partial charge on any atom is 0.179 e. The molecule has 0 saturated carbocycles. The van der Waals surface area contributed by atoms with Gasteiger partial charge >= 0.3 is 0 Å². The van der Waals surface area contributed by atoms with E-state index >= 15 is 0 Å². The first-order chi connectivity index (χ1) is 64.0. The molecule has 0 bridgehead atoms. The number of anilines is 3. The van der Waals surface area contributed by atoms with E-state index in [1.165, 1.54) is 26.3 Å². The molecule has 0 aliphatic carbocycles. The number of hydrogen-bond acceptors (Lipinski definition) is 10. The summed E-state index contributed by atoms with van der Waals surface area (Å²) >= 11 is 0. The van der Waals surface area contributed by atoms with Gasteiger partial charge in [-0.2, -0.15) is 0 Å². The van der Waals surface area contributed by atoms with Crippen LogP contribution >= 0.6 is 0 Å². The minimum absolute atomic E-state index is 0.741. The lowest BCUT2D eigenvalue weighted by atomic mass is 10.1. The molecule has 23 rings (SSSR count). The van der Waals surface area contributed by atoms with Crippen molar-refractivity contribution in [2.24, 2.45) is 0 Å². The minimum Gasteiger partial charge on any atom is -0.310 e. The number of rotatable bonds is 19. The smallest absolute Gasteiger partial charge is 0.179 e. The molecule has 0 atom stereocenters. The zero-order chi connectivity index (χ0) is 86.2. The number of nitrogens with zero attached hydrogens (tertiary/aromatic N) is 16. The van der Waals surface area contributed by atoms with E-state index in [1.807, 2.05) is 165 Å². The fourth-order valence-electron chi connectivity index (χ4n) is 17.5. The fourth-order valence-corrected chi connectivity index (χ4v) is 22.2. The van der Waals surface area contributed by atoms with Crippen LogP contribution in [-0.2, 0) is 0 Å². The Morgan fingerprint density at radius 3 is 0.907 bits per heavy atom. The summed E-state index contributed by atoms with van der Waals surface area (Å²) in [6.07, 6.45) is 5.70. The van der Waals surface area contributed by atoms with E-state index in [0.29, 0.717) is 0 Å². The van der Waals surface area contributed by atoms with E-state index in [4.69, 9.17) is 35.5 Å². The summed E-state index contributed by atoms with van der Waals surface area (Å²) in [7, 11) is -2.84. The Balaban J connectivity index is 0.000000120. The molecule has 0 aliphatic heterocycles. The lowest BCUT2D eigenvalue weighted by Crippen LogP contribution is -2.74. The van der Waals surface area contributed by atoms with Crippen molar-refractivity contribution in [3.8, 4) is 102 Å². The van der Waals surface area contributed by atoms with Gasteiger partial charge in [0.2, 0.25) is 0 Å². The largest absolute Gasteiger partial charge is 0.310 e. The topological polar surface area (TPSA) is 149 Å². The lowest BCUT2D eigenvalue weighted by Gasteiger charge is -2.35. The third-order valence-electron chi connectivity index (χ3n) is 23.5. The molecule has 0 unspecified atom stereocenters. The molecule has 17 aromatic carbocycles. The molecule has 23 aromatic rings. The van der Waals surface area contributed by atoms with Crippen LogP contribution in [-0.4, -0.2) is 81.0 Å². The van der Waals surface area contributed by atoms with E-state index < -0.39 is 8.07 Å². The Kier molecular flexibility index (Phi) is 21.7. The summed E-state index contributed by atoms with van der Waals surface area (Å²) in [6, 6.07) is 160. The van der Waals surface area contributed by atoms with Gasteiger partial charge in [-0.05, 0) is 167 Å². The van der Waals surface area contributed by atoms with Crippen LogP contribution < -0.4 is 25.6 Å². The molecule has 0 saturated heterocycles. The van der Waals surface area contributed by atoms with E-state index in [0.717, 1.165) is 153 Å². The summed E-state index contributed by atoms with van der Waals surface area (Å²) in [4.78, 5) is 16.5. The van der Waals surface area contributed by atoms with Crippen molar-refractivity contribution < 1.29 is 0 Å². The van der Waals surface area contributed by atoms with Crippen molar-refractivity contribution in [2.75, 3.05) is 4.90 Å². The van der Waals surface area contributed by atoms with Crippen molar-refractivity contribution in [1.82, 2.24) is 72.9 Å². The van der Waals surface area contributed by atoms with Gasteiger partial charge in [-0.1, -0.05) is 327 Å². The maximum atomic E-state index is 4.95. The molecule has 17 heteroatoms. The van der Waals surface area contributed by atoms with Gasteiger partial charge in [0.15, 0.2) is 43.0 Å². The van der Waals surface area contributed by atoms with E-state index in [2.05, 4.69) is 365 Å². The number of imidazole rings is 3. The van der Waals surface area contributed by atoms with Crippen molar-refractivity contribution in [3.63, 3.8) is 0 Å². The molecule has 614 valence electrons. The van der Waals surface area contributed by atoms with Crippen LogP contribution in [0.25, 0.3) is 136 Å². The molecule has 0 radical (unpaired) electrons. The highest BCUT2D eigenvalue weighted by Gasteiger charge is 2.42. The van der Waals surface area contributed by atoms with Crippen LogP contribution in [0.15, 0.2) is 480 Å². The zero-order valence-electron chi connectivity index (χ0n) is 70.3. The van der Waals surface area contributed by atoms with E-state index in [-0.39, 0.29) is 0 Å². The van der Waals surface area contributed by atoms with Crippen LogP contribution in [0.1, 0.15) is 5.56 Å². The standard InChI is InChI=1S/C45H33N5Si.C39H28N6.C28H21N5/c1-6-18-34(19-7-1)44-47-48-45(50(44)35-20-8-2-9-21-35)40-31-30-39(32-43(40)49-33-46-41-28-16-17-29-42(41)49)51(36-22-10-3-11-23-36,37-24-12-4-13-25-37)38-26-14-5-15-27-38;1-5-15-29(16-6-1)38-41-42-39(45(38)32-21-11-4-12-22-32)34-26-25-33(27-37(34)43-28-40-35-23-13-14-24-36(35)43)44(30-17-7-2-8-18-30)31-19-9-3-10-20-31;1-20-15-17-21(18-16-20)27-30-31-28(33(27)22-9-3-2-4-10-22)23-11-5-7-13-25(23)32-19-29-24-12-6-8-14-26(24)32/h1-33H;1-28H;2-19H,1H3. The Morgan fingerprint density at radius 2 is 0.512 bits per heavy atom. The molecular weight excluding hydrogens is 1600 g/mol. The molecule has 0 aliphatic rings. The Morgan fingerprint density at radius 1 is 0.217 bits per heavy atom. The van der Waals surface area contributed by atoms with Gasteiger partial charge in [0.25, 0.3) is 0 Å². The summed E-state index contributed by atoms with van der Waals surface area (Å²) in [5, 5.41) is 33.9. The highest BCUT2D eigenvalue weighted by atomic mass is 28.3. The first-order valence-corrected chi connectivity index (χ1v) is 44.9. The fraction of sp³-hybridized carbons (Fsp3) is 0.00893. The van der Waals surface area contributed by atoms with Crippen molar-refractivity contribution in [3.05, 3.63) is 486 Å². The van der Waals surface area contributed by atoms with Crippen LogP contribution in [0.4, 0.5) is 17.1 Å². The Hall–Kier alpha value is -17.4. The average molecular weight is 1680 g/mol. The van der Waals surface area contributed by atoms with Gasteiger partial charge in [-0.3, -0.25) is 27.4 Å². The van der Waals surface area contributed by atoms with Crippen LogP contribution in [0.2, 0.25) is 0 Å². The highest BCUT2D eigenvalue weighted by molar-refractivity contribution is 7.20. The number of benzene rings is 17. The second kappa shape index (κ2) is 35.4. The van der Waals surface area contributed by atoms with Gasteiger partial charge < -0.3 is 4.90 Å². The summed E-state index contributed by atoms with van der Waals surface area (Å²) in [5.41, 5.74) is 22.1. The Labute approximate surface area is 746 Å². The predicted molar refractivity (Wildman–Crippen MR) is 524 cm³/mol. The minimum atomic E-state index is -2.84. The molecule has 129 heavy (non-hydrogen) atoms. The van der Waals surface area contributed by atoms with E-state index in [9.17, 15) is 0 Å². The third-order valence-corrected chi connectivity index (χ3v) is 28.3. The van der Waals surface area contributed by atoms with Crippen molar-refractivity contribution in [1.29, 1.82) is 0 Å². The van der Waals surface area contributed by atoms with Gasteiger partial charge in [-0.15, -0.1) is 30.6 Å². The van der Waals surface area contributed by atoms with Crippen LogP contribution in [0, 0.1) is 6.92 Å². The van der Waals surface area contributed by atoms with Gasteiger partial charge in [-0.25, -0.2) is 15.0 Å². The quantitative estimate of drug-likeness (QED) is 0.0566. The average Bonchev–Trinajstić information content (AvgIpc) is 1.56. The second-order valence-corrected chi connectivity index (χ2v) is 35.1. The van der Waals surface area contributed by atoms with Gasteiger partial charge in [0, 0.05) is 67.5 Å². The lowest BCUT2D eigenvalue weighted by molar-refractivity contribution is 1.05. The molecular formula is C112H82N16Si. The van der Waals surface area contributed by atoms with E-state index in [1.54, 1.807) is 0 Å². The molecule has 0 fully saturated rings. The number of aromatic nitrogens is 15. The third kappa shape index (κ3) is 15.2. The van der Waals surface area contributed by atoms with Gasteiger partial charge in [0.05, 0.1) is 50.2 Å². The number of para-hydroxylation sites is 12. The van der Waals surface area contributed by atoms with Crippen molar-refractivity contribution >= 4 is 79.0 Å². The maximum absolute atomic E-state index is 4.95. The highest BCUT2D eigenvalue weighted by Crippen LogP contribution is 2.42. The second-order valence-electron chi connectivity index (χ2n) is 31.3. The summed E-state index contributed by atoms with van der Waals surface area (Å²) in [5.74, 6) is 4.64. The zero-order valence-corrected chi connectivity index (χ0v) is 71.3. The van der Waals surface area contributed by atoms with Crippen LogP contribution in [0.3, 0.4) is 0 Å². The van der Waals surface area contributed by atoms with Crippen LogP contribution in [0.5, 0.6) is 0 Å². The molecule has 16 nitrogen and oxygen atoms in total. The molecule has 6 aromatic heterocycles. The summed E-state index contributed by atoms with van der Waals surface area (Å²) in [6.45, 7) is 2.09. The first kappa shape index (κ1) is 78.8. The normalized spacial score (nSPS) is 11.3. The monoisotopic (exact) mass is 1680 g/mol. The molecule has 6 heterocycles. The Bertz CT molecular complexity index is 7650. The number of aryl methyl sites for hydroxylation is 1. The molecule has 0 spiro atoms. The summed E-state index contributed by atoms with van der Waals surface area (Å²) < 4.78 is 12.9. The molecule has 0 N–H and O–H groups in total. The first-order valence-electron chi connectivity index (χ1n) is 42.9. The SMILES string of the molecule is Cc1ccc(-c2nnc(-c3ccccc3-n3cnc4ccccc43)n2-c2ccccc2)cc1.c1ccc(-c2nnc(-c3ccc(N(c4ccccc4)c4ccccc4)cc3-n3cnc4ccccc43)n2-c2ccccc2)cc1.c1ccc(-c2nnc(-c3ccc([Si](c4ccccc4)(c4ccccc4)c4ccccc4)cc3-n3cnc4ccccc43)n2-c2ccccc2)cc1.